The maximum atomic E-state index is 13.0. The molecule has 2 N–H and O–H groups in total. The van der Waals surface area contributed by atoms with Crippen molar-refractivity contribution < 1.29 is 12.8 Å². The molecular formula is C11H12FNO2S. The number of benzene rings is 1. The van der Waals surface area contributed by atoms with Crippen LogP contribution in [0.5, 0.6) is 0 Å². The molecule has 0 aliphatic carbocycles. The van der Waals surface area contributed by atoms with Gasteiger partial charge in [-0.3, -0.25) is 0 Å². The van der Waals surface area contributed by atoms with E-state index in [2.05, 4.69) is 0 Å². The van der Waals surface area contributed by atoms with Crippen LogP contribution < -0.4 is 5.73 Å². The largest absolute Gasteiger partial charge is 0.321 e. The molecule has 1 aromatic carbocycles. The summed E-state index contributed by atoms with van der Waals surface area (Å²) in [7, 11) is -3.55. The molecule has 86 valence electrons. The maximum absolute atomic E-state index is 13.0. The van der Waals surface area contributed by atoms with E-state index in [-0.39, 0.29) is 9.80 Å². The van der Waals surface area contributed by atoms with E-state index in [1.54, 1.807) is 13.8 Å². The second-order valence-corrected chi connectivity index (χ2v) is 6.30. The molecule has 0 fully saturated rings. The van der Waals surface area contributed by atoms with E-state index >= 15 is 0 Å². The van der Waals surface area contributed by atoms with Crippen LogP contribution in [-0.4, -0.2) is 14.0 Å². The van der Waals surface area contributed by atoms with Crippen molar-refractivity contribution in [2.45, 2.75) is 24.3 Å². The smallest absolute Gasteiger partial charge is 0.205 e. The molecule has 1 aliphatic rings. The minimum Gasteiger partial charge on any atom is -0.321 e. The fourth-order valence-corrected chi connectivity index (χ4v) is 3.63. The Balaban J connectivity index is 2.71. The van der Waals surface area contributed by atoms with E-state index in [1.165, 1.54) is 18.2 Å². The molecule has 0 radical (unpaired) electrons. The van der Waals surface area contributed by atoms with Crippen LogP contribution in [0, 0.1) is 5.82 Å². The Bertz CT molecular complexity index is 582. The predicted molar refractivity (Wildman–Crippen MR) is 59.8 cm³/mol. The Morgan fingerprint density at radius 1 is 1.31 bits per heavy atom. The van der Waals surface area contributed by atoms with Crippen molar-refractivity contribution in [2.75, 3.05) is 0 Å². The van der Waals surface area contributed by atoms with Crippen molar-refractivity contribution >= 4 is 15.9 Å². The van der Waals surface area contributed by atoms with Crippen molar-refractivity contribution in [3.63, 3.8) is 0 Å². The van der Waals surface area contributed by atoms with E-state index in [9.17, 15) is 12.8 Å². The van der Waals surface area contributed by atoms with Gasteiger partial charge in [0.1, 0.15) is 5.82 Å². The number of hydrogen-bond donors (Lipinski definition) is 1. The average Bonchev–Trinajstić information content (AvgIpc) is 2.36. The first-order valence-corrected chi connectivity index (χ1v) is 6.27. The van der Waals surface area contributed by atoms with Gasteiger partial charge in [0.25, 0.3) is 0 Å². The number of rotatable bonds is 1. The Kier molecular flexibility index (Phi) is 2.22. The van der Waals surface area contributed by atoms with Crippen LogP contribution in [0.3, 0.4) is 0 Å². The van der Waals surface area contributed by atoms with Gasteiger partial charge in [-0.05, 0) is 43.7 Å². The Hall–Kier alpha value is -1.20. The molecule has 0 aromatic heterocycles. The lowest BCUT2D eigenvalue weighted by atomic mass is 10.0. The first-order chi connectivity index (χ1) is 7.23. The lowest BCUT2D eigenvalue weighted by Gasteiger charge is -2.19. The summed E-state index contributed by atoms with van der Waals surface area (Å²) in [5, 5.41) is 0. The summed E-state index contributed by atoms with van der Waals surface area (Å²) < 4.78 is 37.1. The average molecular weight is 241 g/mol. The summed E-state index contributed by atoms with van der Waals surface area (Å²) in [6.07, 6.45) is 1.44. The first kappa shape index (κ1) is 11.3. The lowest BCUT2D eigenvalue weighted by Crippen LogP contribution is -2.36. The fraction of sp³-hybridized carbons (Fsp3) is 0.273. The second-order valence-electron chi connectivity index (χ2n) is 4.42. The fourth-order valence-electron chi connectivity index (χ4n) is 1.75. The van der Waals surface area contributed by atoms with Gasteiger partial charge in [-0.2, -0.15) is 0 Å². The summed E-state index contributed by atoms with van der Waals surface area (Å²) in [6, 6.07) is 3.61. The van der Waals surface area contributed by atoms with Crippen LogP contribution in [0.15, 0.2) is 28.0 Å². The molecule has 0 saturated carbocycles. The highest BCUT2D eigenvalue weighted by Gasteiger charge is 2.37. The zero-order valence-electron chi connectivity index (χ0n) is 8.99. The lowest BCUT2D eigenvalue weighted by molar-refractivity contribution is 0.581. The maximum Gasteiger partial charge on any atom is 0.205 e. The van der Waals surface area contributed by atoms with Crippen molar-refractivity contribution in [3.05, 3.63) is 34.5 Å². The third kappa shape index (κ3) is 1.56. The zero-order valence-corrected chi connectivity index (χ0v) is 9.81. The van der Waals surface area contributed by atoms with Crippen LogP contribution in [-0.2, 0) is 9.84 Å². The van der Waals surface area contributed by atoms with Gasteiger partial charge in [0.15, 0.2) is 0 Å². The van der Waals surface area contributed by atoms with Gasteiger partial charge in [-0.25, -0.2) is 12.8 Å². The summed E-state index contributed by atoms with van der Waals surface area (Å²) in [5.74, 6) is -0.457. The summed E-state index contributed by atoms with van der Waals surface area (Å²) in [5.41, 5.74) is 5.20. The Morgan fingerprint density at radius 3 is 2.50 bits per heavy atom. The molecule has 16 heavy (non-hydrogen) atoms. The van der Waals surface area contributed by atoms with Gasteiger partial charge >= 0.3 is 0 Å². The van der Waals surface area contributed by atoms with E-state index < -0.39 is 21.2 Å². The highest BCUT2D eigenvalue weighted by molar-refractivity contribution is 7.96. The van der Waals surface area contributed by atoms with E-state index in [1.807, 2.05) is 0 Å². The molecule has 0 amide bonds. The van der Waals surface area contributed by atoms with Crippen LogP contribution in [0.2, 0.25) is 0 Å². The molecule has 1 aromatic rings. The standard InChI is InChI=1S/C11H12FNO2S/c1-11(2,13)10-6-7-5-8(12)3-4-9(7)16(10,14)15/h3-6H,13H2,1-2H3. The van der Waals surface area contributed by atoms with Gasteiger partial charge in [0, 0.05) is 5.54 Å². The van der Waals surface area contributed by atoms with Crippen LogP contribution >= 0.6 is 0 Å². The number of hydrogen-bond acceptors (Lipinski definition) is 3. The Labute approximate surface area is 93.7 Å². The Morgan fingerprint density at radius 2 is 1.94 bits per heavy atom. The van der Waals surface area contributed by atoms with Crippen LogP contribution in [0.25, 0.3) is 6.08 Å². The molecule has 2 rings (SSSR count). The SMILES string of the molecule is CC(C)(N)C1=Cc2cc(F)ccc2S1(=O)=O. The van der Waals surface area contributed by atoms with Gasteiger partial charge in [0.05, 0.1) is 9.80 Å². The molecule has 1 aliphatic heterocycles. The highest BCUT2D eigenvalue weighted by atomic mass is 32.2. The molecule has 0 bridgehead atoms. The topological polar surface area (TPSA) is 60.2 Å². The summed E-state index contributed by atoms with van der Waals surface area (Å²) in [6.45, 7) is 3.22. The van der Waals surface area contributed by atoms with Crippen LogP contribution in [0.4, 0.5) is 4.39 Å². The number of sulfone groups is 1. The molecule has 0 unspecified atom stereocenters. The van der Waals surface area contributed by atoms with E-state index in [4.69, 9.17) is 5.73 Å². The van der Waals surface area contributed by atoms with E-state index in [0.29, 0.717) is 5.56 Å². The number of fused-ring (bicyclic) bond motifs is 1. The van der Waals surface area contributed by atoms with E-state index in [0.717, 1.165) is 6.07 Å². The predicted octanol–water partition coefficient (Wildman–Crippen LogP) is 1.69. The summed E-state index contributed by atoms with van der Waals surface area (Å²) >= 11 is 0. The van der Waals surface area contributed by atoms with Crippen molar-refractivity contribution in [3.8, 4) is 0 Å². The molecular weight excluding hydrogens is 229 g/mol. The zero-order chi connectivity index (χ0) is 12.1. The molecule has 0 atom stereocenters. The first-order valence-electron chi connectivity index (χ1n) is 4.78. The monoisotopic (exact) mass is 241 g/mol. The third-order valence-electron chi connectivity index (χ3n) is 2.47. The van der Waals surface area contributed by atoms with Crippen molar-refractivity contribution in [1.29, 1.82) is 0 Å². The van der Waals surface area contributed by atoms with Crippen molar-refractivity contribution in [1.82, 2.24) is 0 Å². The van der Waals surface area contributed by atoms with Gasteiger partial charge in [0.2, 0.25) is 9.84 Å². The van der Waals surface area contributed by atoms with Crippen LogP contribution in [0.1, 0.15) is 19.4 Å². The molecule has 5 heteroatoms. The molecule has 3 nitrogen and oxygen atoms in total. The van der Waals surface area contributed by atoms with Gasteiger partial charge in [-0.15, -0.1) is 0 Å². The third-order valence-corrected chi connectivity index (χ3v) is 4.65. The quantitative estimate of drug-likeness (QED) is 0.761. The van der Waals surface area contributed by atoms with Gasteiger partial charge in [-0.1, -0.05) is 0 Å². The highest BCUT2D eigenvalue weighted by Crippen LogP contribution is 2.37. The minimum absolute atomic E-state index is 0.126. The minimum atomic E-state index is -3.55. The summed E-state index contributed by atoms with van der Waals surface area (Å²) in [4.78, 5) is 0.253. The van der Waals surface area contributed by atoms with Crippen molar-refractivity contribution in [2.24, 2.45) is 5.73 Å². The second kappa shape index (κ2) is 3.15. The molecule has 0 spiro atoms. The normalized spacial score (nSPS) is 18.1. The molecule has 0 saturated heterocycles. The molecule has 1 heterocycles. The van der Waals surface area contributed by atoms with Gasteiger partial charge < -0.3 is 5.73 Å². The number of halogens is 1. The number of nitrogens with two attached hydrogens (primary N) is 1.